The van der Waals surface area contributed by atoms with Gasteiger partial charge in [-0.3, -0.25) is 9.78 Å². The largest absolute Gasteiger partial charge is 0.382 e. The zero-order valence-electron chi connectivity index (χ0n) is 13.2. The van der Waals surface area contributed by atoms with Crippen LogP contribution in [-0.4, -0.2) is 27.4 Å². The normalized spacial score (nSPS) is 10.7. The van der Waals surface area contributed by atoms with Crippen molar-refractivity contribution in [1.29, 1.82) is 0 Å². The molecule has 0 unspecified atom stereocenters. The molecule has 2 heterocycles. The van der Waals surface area contributed by atoms with Crippen LogP contribution in [0.15, 0.2) is 18.6 Å². The molecule has 8 heteroatoms. The lowest BCUT2D eigenvalue weighted by atomic mass is 10.1. The number of nitrogens with zero attached hydrogens (tertiary/aromatic N) is 3. The van der Waals surface area contributed by atoms with Crippen molar-refractivity contribution in [2.75, 3.05) is 22.9 Å². The highest BCUT2D eigenvalue weighted by atomic mass is 35.5. The first-order chi connectivity index (χ1) is 10.9. The zero-order chi connectivity index (χ0) is 17.0. The number of hydrogen-bond donors (Lipinski definition) is 3. The van der Waals surface area contributed by atoms with Gasteiger partial charge in [0.25, 0.3) is 5.91 Å². The topological polar surface area (TPSA) is 106 Å². The van der Waals surface area contributed by atoms with E-state index >= 15 is 0 Å². The number of anilines is 3. The second-order valence-corrected chi connectivity index (χ2v) is 5.84. The molecular formula is C15H19ClN6O. The molecule has 0 aromatic carbocycles. The average molecular weight is 335 g/mol. The summed E-state index contributed by atoms with van der Waals surface area (Å²) in [6.45, 7) is 6.71. The Bertz CT molecular complexity index is 705. The number of carbonyl (C=O) groups excluding carboxylic acids is 1. The number of pyridine rings is 1. The van der Waals surface area contributed by atoms with Crippen molar-refractivity contribution >= 4 is 34.7 Å². The second kappa shape index (κ2) is 7.23. The van der Waals surface area contributed by atoms with Crippen LogP contribution >= 0.6 is 11.6 Å². The molecule has 0 spiro atoms. The number of nitrogens with one attached hydrogen (secondary N) is 2. The Labute approximate surface area is 139 Å². The summed E-state index contributed by atoms with van der Waals surface area (Å²) in [7, 11) is 0. The van der Waals surface area contributed by atoms with Crippen molar-refractivity contribution in [3.8, 4) is 0 Å². The monoisotopic (exact) mass is 334 g/mol. The van der Waals surface area contributed by atoms with Gasteiger partial charge in [0.15, 0.2) is 5.15 Å². The van der Waals surface area contributed by atoms with E-state index in [0.717, 1.165) is 12.1 Å². The van der Waals surface area contributed by atoms with Crippen molar-refractivity contribution < 1.29 is 4.79 Å². The van der Waals surface area contributed by atoms with Gasteiger partial charge in [0, 0.05) is 24.5 Å². The van der Waals surface area contributed by atoms with E-state index < -0.39 is 5.91 Å². The Morgan fingerprint density at radius 2 is 2.09 bits per heavy atom. The first-order valence-electron chi connectivity index (χ1n) is 7.17. The minimum absolute atomic E-state index is 0.153. The fourth-order valence-electron chi connectivity index (χ4n) is 1.95. The third-order valence-corrected chi connectivity index (χ3v) is 3.43. The van der Waals surface area contributed by atoms with E-state index in [1.165, 1.54) is 18.6 Å². The van der Waals surface area contributed by atoms with Gasteiger partial charge in [0.05, 0.1) is 17.6 Å². The van der Waals surface area contributed by atoms with Gasteiger partial charge in [0.2, 0.25) is 0 Å². The number of carbonyl (C=O) groups is 1. The number of hydrogen-bond acceptors (Lipinski definition) is 6. The van der Waals surface area contributed by atoms with E-state index in [1.54, 1.807) is 0 Å². The molecule has 0 fully saturated rings. The summed E-state index contributed by atoms with van der Waals surface area (Å²) in [4.78, 5) is 24.1. The van der Waals surface area contributed by atoms with Gasteiger partial charge in [-0.1, -0.05) is 25.4 Å². The van der Waals surface area contributed by atoms with Crippen LogP contribution in [0.25, 0.3) is 0 Å². The second-order valence-electron chi connectivity index (χ2n) is 5.48. The smallest absolute Gasteiger partial charge is 0.275 e. The summed E-state index contributed by atoms with van der Waals surface area (Å²) >= 11 is 6.16. The number of nitrogen functional groups attached to an aromatic ring is 1. The summed E-state index contributed by atoms with van der Waals surface area (Å²) in [6.07, 6.45) is 4.32. The summed E-state index contributed by atoms with van der Waals surface area (Å²) < 4.78 is 0. The standard InChI is InChI=1S/C15H19ClN6O/c1-8(2)6-20-11-9(3)12(14(17)22-13(11)16)21-15(23)10-7-18-4-5-19-10/h4-5,7-8,20H,6H2,1-3H3,(H2,17,22)(H,21,23). The molecule has 7 nitrogen and oxygen atoms in total. The zero-order valence-corrected chi connectivity index (χ0v) is 14.0. The van der Waals surface area contributed by atoms with Crippen molar-refractivity contribution in [2.45, 2.75) is 20.8 Å². The number of rotatable bonds is 5. The van der Waals surface area contributed by atoms with Crippen LogP contribution in [0.5, 0.6) is 0 Å². The predicted molar refractivity (Wildman–Crippen MR) is 91.7 cm³/mol. The molecule has 1 amide bonds. The van der Waals surface area contributed by atoms with Crippen LogP contribution in [0.1, 0.15) is 29.9 Å². The first-order valence-corrected chi connectivity index (χ1v) is 7.54. The molecule has 2 rings (SSSR count). The molecule has 0 radical (unpaired) electrons. The Morgan fingerprint density at radius 1 is 1.35 bits per heavy atom. The van der Waals surface area contributed by atoms with E-state index in [0.29, 0.717) is 17.3 Å². The number of aromatic nitrogens is 3. The fourth-order valence-corrected chi connectivity index (χ4v) is 2.25. The molecule has 0 aliphatic carbocycles. The average Bonchev–Trinajstić information content (AvgIpc) is 2.51. The third-order valence-electron chi connectivity index (χ3n) is 3.15. The maximum Gasteiger partial charge on any atom is 0.275 e. The van der Waals surface area contributed by atoms with Crippen molar-refractivity contribution in [3.63, 3.8) is 0 Å². The Kier molecular flexibility index (Phi) is 5.33. The molecule has 0 aliphatic rings. The molecule has 0 bridgehead atoms. The third kappa shape index (κ3) is 4.07. The quantitative estimate of drug-likeness (QED) is 0.726. The van der Waals surface area contributed by atoms with Gasteiger partial charge in [0.1, 0.15) is 11.5 Å². The van der Waals surface area contributed by atoms with Crippen LogP contribution in [-0.2, 0) is 0 Å². The summed E-state index contributed by atoms with van der Waals surface area (Å²) in [5.41, 5.74) is 7.88. The summed E-state index contributed by atoms with van der Waals surface area (Å²) in [5, 5.41) is 6.23. The van der Waals surface area contributed by atoms with E-state index in [4.69, 9.17) is 17.3 Å². The minimum atomic E-state index is -0.410. The number of halogens is 1. The summed E-state index contributed by atoms with van der Waals surface area (Å²) in [6, 6.07) is 0. The van der Waals surface area contributed by atoms with Crippen molar-refractivity contribution in [3.05, 3.63) is 35.0 Å². The number of nitrogens with two attached hydrogens (primary N) is 1. The Morgan fingerprint density at radius 3 is 2.70 bits per heavy atom. The molecule has 23 heavy (non-hydrogen) atoms. The number of amides is 1. The molecule has 2 aromatic rings. The molecule has 122 valence electrons. The molecule has 0 atom stereocenters. The molecular weight excluding hydrogens is 316 g/mol. The lowest BCUT2D eigenvalue weighted by Gasteiger charge is -2.17. The van der Waals surface area contributed by atoms with Crippen molar-refractivity contribution in [1.82, 2.24) is 15.0 Å². The lowest BCUT2D eigenvalue weighted by Crippen LogP contribution is -2.18. The highest BCUT2D eigenvalue weighted by Crippen LogP contribution is 2.33. The van der Waals surface area contributed by atoms with E-state index in [9.17, 15) is 4.79 Å². The summed E-state index contributed by atoms with van der Waals surface area (Å²) in [5.74, 6) is 0.173. The molecule has 2 aromatic heterocycles. The maximum absolute atomic E-state index is 12.2. The molecule has 0 saturated carbocycles. The van der Waals surface area contributed by atoms with E-state index in [2.05, 4.69) is 39.4 Å². The Hall–Kier alpha value is -2.41. The van der Waals surface area contributed by atoms with Gasteiger partial charge < -0.3 is 16.4 Å². The first kappa shape index (κ1) is 17.0. The van der Waals surface area contributed by atoms with Crippen LogP contribution < -0.4 is 16.4 Å². The molecule has 4 N–H and O–H groups in total. The SMILES string of the molecule is Cc1c(NC(=O)c2cnccn2)c(N)nc(Cl)c1NCC(C)C. The van der Waals surface area contributed by atoms with Gasteiger partial charge in [-0.25, -0.2) is 9.97 Å². The van der Waals surface area contributed by atoms with Gasteiger partial charge in [-0.05, 0) is 12.8 Å². The van der Waals surface area contributed by atoms with Crippen molar-refractivity contribution in [2.24, 2.45) is 5.92 Å². The Balaban J connectivity index is 2.31. The van der Waals surface area contributed by atoms with Gasteiger partial charge >= 0.3 is 0 Å². The fraction of sp³-hybridized carbons (Fsp3) is 0.333. The van der Waals surface area contributed by atoms with Crippen LogP contribution in [0.2, 0.25) is 5.15 Å². The highest BCUT2D eigenvalue weighted by Gasteiger charge is 2.17. The van der Waals surface area contributed by atoms with Crippen LogP contribution in [0.3, 0.4) is 0 Å². The lowest BCUT2D eigenvalue weighted by molar-refractivity contribution is 0.102. The molecule has 0 aliphatic heterocycles. The van der Waals surface area contributed by atoms with Crippen LogP contribution in [0.4, 0.5) is 17.2 Å². The van der Waals surface area contributed by atoms with Gasteiger partial charge in [-0.2, -0.15) is 0 Å². The van der Waals surface area contributed by atoms with E-state index in [-0.39, 0.29) is 16.7 Å². The van der Waals surface area contributed by atoms with E-state index in [1.807, 2.05) is 6.92 Å². The minimum Gasteiger partial charge on any atom is -0.382 e. The molecule has 0 saturated heterocycles. The maximum atomic E-state index is 12.2. The predicted octanol–water partition coefficient (Wildman–Crippen LogP) is 2.74. The van der Waals surface area contributed by atoms with Crippen LogP contribution in [0, 0.1) is 12.8 Å². The highest BCUT2D eigenvalue weighted by molar-refractivity contribution is 6.32. The van der Waals surface area contributed by atoms with Gasteiger partial charge in [-0.15, -0.1) is 0 Å².